The molecule has 3 aromatic rings. The van der Waals surface area contributed by atoms with Crippen LogP contribution in [0.15, 0.2) is 48.7 Å². The van der Waals surface area contributed by atoms with Crippen LogP contribution >= 0.6 is 0 Å². The number of piperazine rings is 1. The Kier molecular flexibility index (Phi) is 6.76. The number of aliphatic hydroxyl groups is 1. The van der Waals surface area contributed by atoms with Crippen molar-refractivity contribution in [2.45, 2.75) is 6.04 Å². The highest BCUT2D eigenvalue weighted by atomic mass is 19.1. The maximum Gasteiger partial charge on any atom is 0.274 e. The number of hydrogen-bond donors (Lipinski definition) is 3. The first kappa shape index (κ1) is 22.6. The molecule has 33 heavy (non-hydrogen) atoms. The van der Waals surface area contributed by atoms with Crippen LogP contribution in [0.1, 0.15) is 10.5 Å². The fourth-order valence-corrected chi connectivity index (χ4v) is 3.78. The van der Waals surface area contributed by atoms with Crippen molar-refractivity contribution < 1.29 is 23.4 Å². The van der Waals surface area contributed by atoms with Crippen LogP contribution in [0.25, 0.3) is 11.4 Å². The zero-order chi connectivity index (χ0) is 23.4. The molecule has 0 saturated carbocycles. The molecule has 0 aliphatic carbocycles. The number of carbonyl (C=O) groups is 1. The number of hydrogen-bond acceptors (Lipinski definition) is 7. The smallest absolute Gasteiger partial charge is 0.274 e. The fraction of sp³-hybridized carbons (Fsp3) is 0.261. The van der Waals surface area contributed by atoms with Crippen molar-refractivity contribution in [1.82, 2.24) is 15.3 Å². The summed E-state index contributed by atoms with van der Waals surface area (Å²) in [4.78, 5) is 23.2. The summed E-state index contributed by atoms with van der Waals surface area (Å²) in [6, 6.07) is 9.55. The normalized spacial score (nSPS) is 15.9. The number of anilines is 2. The van der Waals surface area contributed by atoms with Gasteiger partial charge in [-0.2, -0.15) is 0 Å². The molecule has 2 aromatic carbocycles. The van der Waals surface area contributed by atoms with Crippen molar-refractivity contribution >= 4 is 17.3 Å². The molecule has 0 unspecified atom stereocenters. The molecule has 1 fully saturated rings. The van der Waals surface area contributed by atoms with Gasteiger partial charge < -0.3 is 25.4 Å². The Morgan fingerprint density at radius 1 is 1.30 bits per heavy atom. The highest BCUT2D eigenvalue weighted by Gasteiger charge is 2.25. The van der Waals surface area contributed by atoms with Crippen LogP contribution in [0.4, 0.5) is 20.2 Å². The number of amides is 1. The Hall–Kier alpha value is -3.63. The Bertz CT molecular complexity index is 1160. The van der Waals surface area contributed by atoms with E-state index in [0.29, 0.717) is 25.3 Å². The van der Waals surface area contributed by atoms with E-state index in [2.05, 4.69) is 20.6 Å². The maximum atomic E-state index is 14.4. The molecule has 0 radical (unpaired) electrons. The molecule has 3 N–H and O–H groups in total. The molecule has 1 aromatic heterocycles. The van der Waals surface area contributed by atoms with Gasteiger partial charge in [-0.1, -0.05) is 6.07 Å². The molecular weight excluding hydrogens is 432 g/mol. The SMILES string of the molecule is COc1cccc(F)c1-c1nccc(C(=O)Nc2cc(F)ccc2N2CCNC[C@@H]2CO)n1. The van der Waals surface area contributed by atoms with Gasteiger partial charge >= 0.3 is 0 Å². The van der Waals surface area contributed by atoms with Gasteiger partial charge in [-0.15, -0.1) is 0 Å². The Morgan fingerprint density at radius 2 is 2.15 bits per heavy atom. The number of benzene rings is 2. The third kappa shape index (κ3) is 4.76. The van der Waals surface area contributed by atoms with Crippen molar-refractivity contribution in [2.24, 2.45) is 0 Å². The van der Waals surface area contributed by atoms with Crippen LogP contribution < -0.4 is 20.3 Å². The summed E-state index contributed by atoms with van der Waals surface area (Å²) in [5.74, 6) is -1.51. The standard InChI is InChI=1S/C23H23F2N5O3/c1-33-20-4-2-3-16(25)21(20)22-27-8-7-17(28-22)23(32)29-18-11-14(24)5-6-19(18)30-10-9-26-12-15(30)13-31/h2-8,11,15,26,31H,9-10,12-13H2,1H3,(H,29,32)/t15-/m1/s1. The number of aromatic nitrogens is 2. The van der Waals surface area contributed by atoms with Crippen molar-refractivity contribution in [3.63, 3.8) is 0 Å². The van der Waals surface area contributed by atoms with Gasteiger partial charge in [0.15, 0.2) is 5.82 Å². The highest BCUT2D eigenvalue weighted by Crippen LogP contribution is 2.31. The van der Waals surface area contributed by atoms with Gasteiger partial charge in [0.1, 0.15) is 23.1 Å². The molecule has 1 amide bonds. The predicted octanol–water partition coefficient (Wildman–Crippen LogP) is 2.45. The minimum atomic E-state index is -0.614. The minimum absolute atomic E-state index is 0.0143. The van der Waals surface area contributed by atoms with E-state index in [4.69, 9.17) is 4.74 Å². The second kappa shape index (κ2) is 9.88. The molecule has 1 aliphatic rings. The monoisotopic (exact) mass is 455 g/mol. The summed E-state index contributed by atoms with van der Waals surface area (Å²) >= 11 is 0. The molecule has 0 spiro atoms. The number of carbonyl (C=O) groups excluding carboxylic acids is 1. The summed E-state index contributed by atoms with van der Waals surface area (Å²) in [5.41, 5.74) is 0.826. The van der Waals surface area contributed by atoms with Crippen LogP contribution in [0.2, 0.25) is 0 Å². The molecule has 1 aliphatic heterocycles. The van der Waals surface area contributed by atoms with Crippen LogP contribution in [0.3, 0.4) is 0 Å². The Morgan fingerprint density at radius 3 is 2.94 bits per heavy atom. The van der Waals surface area contributed by atoms with E-state index < -0.39 is 17.5 Å². The van der Waals surface area contributed by atoms with Crippen LogP contribution in [0, 0.1) is 11.6 Å². The third-order valence-corrected chi connectivity index (χ3v) is 5.38. The molecule has 10 heteroatoms. The quantitative estimate of drug-likeness (QED) is 0.525. The van der Waals surface area contributed by atoms with E-state index >= 15 is 0 Å². The van der Waals surface area contributed by atoms with Gasteiger partial charge in [-0.05, 0) is 36.4 Å². The number of halogens is 2. The number of nitrogens with one attached hydrogen (secondary N) is 2. The van der Waals surface area contributed by atoms with Gasteiger partial charge in [-0.3, -0.25) is 4.79 Å². The summed E-state index contributed by atoms with van der Waals surface area (Å²) in [6.45, 7) is 1.71. The van der Waals surface area contributed by atoms with E-state index in [9.17, 15) is 18.7 Å². The van der Waals surface area contributed by atoms with Gasteiger partial charge in [0, 0.05) is 25.8 Å². The van der Waals surface area contributed by atoms with Crippen LogP contribution in [-0.2, 0) is 0 Å². The minimum Gasteiger partial charge on any atom is -0.496 e. The fourth-order valence-electron chi connectivity index (χ4n) is 3.78. The molecule has 172 valence electrons. The second-order valence-corrected chi connectivity index (χ2v) is 7.43. The molecule has 8 nitrogen and oxygen atoms in total. The van der Waals surface area contributed by atoms with Gasteiger partial charge in [0.25, 0.3) is 5.91 Å². The summed E-state index contributed by atoms with van der Waals surface area (Å²) in [7, 11) is 1.40. The van der Waals surface area contributed by atoms with E-state index in [1.807, 2.05) is 4.90 Å². The van der Waals surface area contributed by atoms with E-state index in [-0.39, 0.29) is 41.2 Å². The van der Waals surface area contributed by atoms with Gasteiger partial charge in [0.2, 0.25) is 0 Å². The van der Waals surface area contributed by atoms with Crippen LogP contribution in [-0.4, -0.2) is 60.4 Å². The van der Waals surface area contributed by atoms with E-state index in [1.54, 1.807) is 12.1 Å². The zero-order valence-corrected chi connectivity index (χ0v) is 17.9. The van der Waals surface area contributed by atoms with Crippen molar-refractivity contribution in [3.8, 4) is 17.1 Å². The number of methoxy groups -OCH3 is 1. The van der Waals surface area contributed by atoms with Crippen molar-refractivity contribution in [1.29, 1.82) is 0 Å². The lowest BCUT2D eigenvalue weighted by atomic mass is 10.1. The predicted molar refractivity (Wildman–Crippen MR) is 119 cm³/mol. The van der Waals surface area contributed by atoms with Crippen molar-refractivity contribution in [2.75, 3.05) is 43.6 Å². The molecule has 1 atom stereocenters. The van der Waals surface area contributed by atoms with Crippen LogP contribution in [0.5, 0.6) is 5.75 Å². The molecule has 0 bridgehead atoms. The first-order chi connectivity index (χ1) is 16.0. The molecular formula is C23H23F2N5O3. The maximum absolute atomic E-state index is 14.4. The largest absolute Gasteiger partial charge is 0.496 e. The van der Waals surface area contributed by atoms with Gasteiger partial charge in [0.05, 0.1) is 36.7 Å². The third-order valence-electron chi connectivity index (χ3n) is 5.38. The summed E-state index contributed by atoms with van der Waals surface area (Å²) in [6.07, 6.45) is 1.34. The number of nitrogens with zero attached hydrogens (tertiary/aromatic N) is 3. The van der Waals surface area contributed by atoms with Crippen molar-refractivity contribution in [3.05, 3.63) is 66.0 Å². The molecule has 2 heterocycles. The molecule has 1 saturated heterocycles. The number of ether oxygens (including phenoxy) is 1. The lowest BCUT2D eigenvalue weighted by molar-refractivity contribution is 0.102. The average Bonchev–Trinajstić information content (AvgIpc) is 2.84. The molecule has 4 rings (SSSR count). The number of aliphatic hydroxyl groups excluding tert-OH is 1. The Labute approximate surface area is 189 Å². The summed E-state index contributed by atoms with van der Waals surface area (Å²) < 4.78 is 33.7. The summed E-state index contributed by atoms with van der Waals surface area (Å²) in [5, 5.41) is 15.6. The highest BCUT2D eigenvalue weighted by molar-refractivity contribution is 6.05. The zero-order valence-electron chi connectivity index (χ0n) is 17.9. The number of rotatable bonds is 6. The second-order valence-electron chi connectivity index (χ2n) is 7.43. The first-order valence-electron chi connectivity index (χ1n) is 10.4. The first-order valence-corrected chi connectivity index (χ1v) is 10.4. The topological polar surface area (TPSA) is 99.6 Å². The van der Waals surface area contributed by atoms with Gasteiger partial charge in [-0.25, -0.2) is 18.7 Å². The van der Waals surface area contributed by atoms with E-state index in [0.717, 1.165) is 0 Å². The van der Waals surface area contributed by atoms with E-state index in [1.165, 1.54) is 43.6 Å². The Balaban J connectivity index is 1.65. The lowest BCUT2D eigenvalue weighted by Crippen LogP contribution is -2.53. The lowest BCUT2D eigenvalue weighted by Gasteiger charge is -2.38. The average molecular weight is 455 g/mol.